The molecule has 0 spiro atoms. The van der Waals surface area contributed by atoms with Gasteiger partial charge in [-0.2, -0.15) is 0 Å². The van der Waals surface area contributed by atoms with Crippen LogP contribution in [0.15, 0.2) is 48.5 Å². The second-order valence-corrected chi connectivity index (χ2v) is 4.59. The van der Waals surface area contributed by atoms with E-state index in [1.165, 1.54) is 0 Å². The van der Waals surface area contributed by atoms with Crippen LogP contribution in [0.3, 0.4) is 0 Å². The molecule has 2 aromatic carbocycles. The molecule has 19 heavy (non-hydrogen) atoms. The van der Waals surface area contributed by atoms with E-state index in [9.17, 15) is 4.79 Å². The van der Waals surface area contributed by atoms with Crippen LogP contribution in [-0.2, 0) is 4.79 Å². The summed E-state index contributed by atoms with van der Waals surface area (Å²) < 4.78 is 5.32. The van der Waals surface area contributed by atoms with Crippen LogP contribution in [-0.4, -0.2) is 12.5 Å². The van der Waals surface area contributed by atoms with Crippen molar-refractivity contribution in [2.45, 2.75) is 0 Å². The van der Waals surface area contributed by atoms with Crippen molar-refractivity contribution < 1.29 is 9.53 Å². The smallest absolute Gasteiger partial charge is 0.262 e. The number of amides is 1. The number of benzene rings is 2. The molecule has 0 bridgehead atoms. The Balaban J connectivity index is 1.88. The van der Waals surface area contributed by atoms with Gasteiger partial charge in [-0.3, -0.25) is 4.79 Å². The van der Waals surface area contributed by atoms with Gasteiger partial charge in [0.25, 0.3) is 5.91 Å². The van der Waals surface area contributed by atoms with Crippen LogP contribution in [0, 0.1) is 0 Å². The highest BCUT2D eigenvalue weighted by Gasteiger charge is 2.05. The molecule has 0 atom stereocenters. The zero-order valence-electron chi connectivity index (χ0n) is 9.90. The molecule has 2 rings (SSSR count). The highest BCUT2D eigenvalue weighted by atomic mass is 35.5. The molecular formula is C14H11Cl2NO2. The molecule has 1 N–H and O–H groups in total. The molecule has 0 unspecified atom stereocenters. The molecule has 3 nitrogen and oxygen atoms in total. The molecule has 5 heteroatoms. The number of carbonyl (C=O) groups is 1. The molecule has 0 radical (unpaired) electrons. The van der Waals surface area contributed by atoms with Gasteiger partial charge in [-0.05, 0) is 24.3 Å². The number of carbonyl (C=O) groups excluding carboxylic acids is 1. The van der Waals surface area contributed by atoms with Gasteiger partial charge in [0.2, 0.25) is 0 Å². The number of nitrogens with one attached hydrogen (secondary N) is 1. The zero-order valence-corrected chi connectivity index (χ0v) is 11.4. The lowest BCUT2D eigenvalue weighted by atomic mass is 10.3. The van der Waals surface area contributed by atoms with Crippen molar-refractivity contribution in [3.05, 3.63) is 58.6 Å². The first-order valence-corrected chi connectivity index (χ1v) is 6.33. The number of halogens is 2. The first kappa shape index (κ1) is 13.7. The van der Waals surface area contributed by atoms with Crippen LogP contribution in [0.25, 0.3) is 0 Å². The minimum atomic E-state index is -0.239. The average Bonchev–Trinajstić information content (AvgIpc) is 2.41. The van der Waals surface area contributed by atoms with E-state index in [1.54, 1.807) is 30.3 Å². The largest absolute Gasteiger partial charge is 0.484 e. The first-order valence-electron chi connectivity index (χ1n) is 5.58. The Hall–Kier alpha value is -1.71. The summed E-state index contributed by atoms with van der Waals surface area (Å²) in [5.74, 6) is 0.259. The Labute approximate surface area is 121 Å². The van der Waals surface area contributed by atoms with Crippen LogP contribution in [0.4, 0.5) is 5.69 Å². The van der Waals surface area contributed by atoms with Gasteiger partial charge < -0.3 is 10.1 Å². The van der Waals surface area contributed by atoms with Gasteiger partial charge in [0.1, 0.15) is 5.75 Å². The van der Waals surface area contributed by atoms with Crippen molar-refractivity contribution in [1.29, 1.82) is 0 Å². The lowest BCUT2D eigenvalue weighted by Gasteiger charge is -2.08. The monoisotopic (exact) mass is 295 g/mol. The molecular weight excluding hydrogens is 285 g/mol. The summed E-state index contributed by atoms with van der Waals surface area (Å²) in [7, 11) is 0. The van der Waals surface area contributed by atoms with E-state index in [0.717, 1.165) is 5.69 Å². The van der Waals surface area contributed by atoms with E-state index in [4.69, 9.17) is 27.9 Å². The lowest BCUT2D eigenvalue weighted by molar-refractivity contribution is -0.118. The Bertz CT molecular complexity index is 573. The first-order chi connectivity index (χ1) is 9.15. The van der Waals surface area contributed by atoms with Gasteiger partial charge in [-0.15, -0.1) is 0 Å². The summed E-state index contributed by atoms with van der Waals surface area (Å²) in [6.45, 7) is -0.0904. The fraction of sp³-hybridized carbons (Fsp3) is 0.0714. The molecule has 98 valence electrons. The van der Waals surface area contributed by atoms with E-state index >= 15 is 0 Å². The molecule has 0 saturated carbocycles. The Kier molecular flexibility index (Phi) is 4.66. The SMILES string of the molecule is O=C(COc1ccc(Cl)c(Cl)c1)Nc1ccccc1. The summed E-state index contributed by atoms with van der Waals surface area (Å²) in [5, 5.41) is 3.55. The van der Waals surface area contributed by atoms with E-state index in [2.05, 4.69) is 5.32 Å². The molecule has 0 aliphatic rings. The molecule has 0 aliphatic carbocycles. The predicted molar refractivity (Wildman–Crippen MR) is 77.0 cm³/mol. The summed E-state index contributed by atoms with van der Waals surface area (Å²) in [4.78, 5) is 11.6. The van der Waals surface area contributed by atoms with Crippen molar-refractivity contribution in [2.75, 3.05) is 11.9 Å². The number of ether oxygens (including phenoxy) is 1. The molecule has 0 saturated heterocycles. The highest BCUT2D eigenvalue weighted by molar-refractivity contribution is 6.42. The third kappa shape index (κ3) is 4.16. The molecule has 0 aliphatic heterocycles. The van der Waals surface area contributed by atoms with Crippen LogP contribution in [0.5, 0.6) is 5.75 Å². The Morgan fingerprint density at radius 2 is 1.79 bits per heavy atom. The molecule has 0 fully saturated rings. The maximum absolute atomic E-state index is 11.6. The fourth-order valence-electron chi connectivity index (χ4n) is 1.43. The average molecular weight is 296 g/mol. The number of hydrogen-bond acceptors (Lipinski definition) is 2. The number of hydrogen-bond donors (Lipinski definition) is 1. The summed E-state index contributed by atoms with van der Waals surface area (Å²) in [6, 6.07) is 14.0. The van der Waals surface area contributed by atoms with Crippen LogP contribution in [0.1, 0.15) is 0 Å². The van der Waals surface area contributed by atoms with Gasteiger partial charge in [0, 0.05) is 11.8 Å². The van der Waals surface area contributed by atoms with Gasteiger partial charge in [0.05, 0.1) is 10.0 Å². The fourth-order valence-corrected chi connectivity index (χ4v) is 1.72. The van der Waals surface area contributed by atoms with Gasteiger partial charge in [-0.1, -0.05) is 41.4 Å². The second-order valence-electron chi connectivity index (χ2n) is 3.78. The van der Waals surface area contributed by atoms with Gasteiger partial charge >= 0.3 is 0 Å². The molecule has 0 aromatic heterocycles. The zero-order chi connectivity index (χ0) is 13.7. The minimum absolute atomic E-state index is 0.0904. The molecule has 0 heterocycles. The van der Waals surface area contributed by atoms with Crippen LogP contribution in [0.2, 0.25) is 10.0 Å². The Morgan fingerprint density at radius 3 is 2.47 bits per heavy atom. The van der Waals surface area contributed by atoms with Crippen LogP contribution < -0.4 is 10.1 Å². The third-order valence-corrected chi connectivity index (χ3v) is 3.06. The van der Waals surface area contributed by atoms with Gasteiger partial charge in [-0.25, -0.2) is 0 Å². The van der Waals surface area contributed by atoms with Crippen molar-refractivity contribution in [2.24, 2.45) is 0 Å². The van der Waals surface area contributed by atoms with Crippen molar-refractivity contribution in [1.82, 2.24) is 0 Å². The molecule has 2 aromatic rings. The predicted octanol–water partition coefficient (Wildman–Crippen LogP) is 4.01. The standard InChI is InChI=1S/C14H11Cl2NO2/c15-12-7-6-11(8-13(12)16)19-9-14(18)17-10-4-2-1-3-5-10/h1-8H,9H2,(H,17,18). The molecule has 1 amide bonds. The number of rotatable bonds is 4. The van der Waals surface area contributed by atoms with E-state index in [1.807, 2.05) is 18.2 Å². The number of anilines is 1. The van der Waals surface area contributed by atoms with E-state index in [-0.39, 0.29) is 12.5 Å². The maximum atomic E-state index is 11.6. The number of para-hydroxylation sites is 1. The van der Waals surface area contributed by atoms with Crippen molar-refractivity contribution in [3.63, 3.8) is 0 Å². The van der Waals surface area contributed by atoms with E-state index < -0.39 is 0 Å². The quantitative estimate of drug-likeness (QED) is 0.925. The Morgan fingerprint density at radius 1 is 1.05 bits per heavy atom. The van der Waals surface area contributed by atoms with Crippen LogP contribution >= 0.6 is 23.2 Å². The summed E-state index contributed by atoms with van der Waals surface area (Å²) in [5.41, 5.74) is 0.727. The van der Waals surface area contributed by atoms with Gasteiger partial charge in [0.15, 0.2) is 6.61 Å². The van der Waals surface area contributed by atoms with Crippen molar-refractivity contribution in [3.8, 4) is 5.75 Å². The summed E-state index contributed by atoms with van der Waals surface area (Å²) >= 11 is 11.6. The normalized spacial score (nSPS) is 10.0. The minimum Gasteiger partial charge on any atom is -0.484 e. The second kappa shape index (κ2) is 6.45. The van der Waals surface area contributed by atoms with E-state index in [0.29, 0.717) is 15.8 Å². The topological polar surface area (TPSA) is 38.3 Å². The maximum Gasteiger partial charge on any atom is 0.262 e. The summed E-state index contributed by atoms with van der Waals surface area (Å²) in [6.07, 6.45) is 0. The lowest BCUT2D eigenvalue weighted by Crippen LogP contribution is -2.20. The highest BCUT2D eigenvalue weighted by Crippen LogP contribution is 2.26. The third-order valence-electron chi connectivity index (χ3n) is 2.32. The van der Waals surface area contributed by atoms with Crippen molar-refractivity contribution >= 4 is 34.8 Å².